The van der Waals surface area contributed by atoms with Crippen molar-refractivity contribution >= 4 is 17.7 Å². The smallest absolute Gasteiger partial charge is 0.404 e. The Bertz CT molecular complexity index is 108. The lowest BCUT2D eigenvalue weighted by atomic mass is 10.2. The average Bonchev–Trinajstić information content (AvgIpc) is 1.82. The molecule has 0 saturated heterocycles. The summed E-state index contributed by atoms with van der Waals surface area (Å²) < 4.78 is 0. The summed E-state index contributed by atoms with van der Waals surface area (Å²) in [6, 6.07) is 0.0104. The van der Waals surface area contributed by atoms with Crippen molar-refractivity contribution in [3.8, 4) is 0 Å². The highest BCUT2D eigenvalue weighted by molar-refractivity contribution is 6.17. The third kappa shape index (κ3) is 5.69. The summed E-state index contributed by atoms with van der Waals surface area (Å²) >= 11 is 5.41. The lowest BCUT2D eigenvalue weighted by Crippen LogP contribution is -2.30. The van der Waals surface area contributed by atoms with Crippen molar-refractivity contribution < 1.29 is 9.90 Å². The first-order valence-corrected chi connectivity index (χ1v) is 3.75. The molecular formula is C6H12ClNO2. The summed E-state index contributed by atoms with van der Waals surface area (Å²) in [5.41, 5.74) is 0. The molecule has 0 aliphatic heterocycles. The van der Waals surface area contributed by atoms with E-state index in [0.717, 1.165) is 12.8 Å². The maximum atomic E-state index is 10.0. The lowest BCUT2D eigenvalue weighted by Gasteiger charge is -2.08. The van der Waals surface area contributed by atoms with Gasteiger partial charge in [0.1, 0.15) is 0 Å². The zero-order valence-corrected chi connectivity index (χ0v) is 6.69. The molecule has 0 rings (SSSR count). The van der Waals surface area contributed by atoms with Gasteiger partial charge in [-0.05, 0) is 19.8 Å². The molecule has 0 bridgehead atoms. The quantitative estimate of drug-likeness (QED) is 0.623. The van der Waals surface area contributed by atoms with Crippen LogP contribution in [0.4, 0.5) is 4.79 Å². The SMILES string of the molecule is CC(CCCCl)NC(=O)O. The first-order valence-electron chi connectivity index (χ1n) is 3.22. The fraction of sp³-hybridized carbons (Fsp3) is 0.833. The van der Waals surface area contributed by atoms with Gasteiger partial charge in [0.25, 0.3) is 0 Å². The van der Waals surface area contributed by atoms with Crippen LogP contribution in [0.5, 0.6) is 0 Å². The molecule has 0 aliphatic rings. The Labute approximate surface area is 65.4 Å². The molecule has 0 aromatic carbocycles. The van der Waals surface area contributed by atoms with Crippen molar-refractivity contribution in [3.05, 3.63) is 0 Å². The van der Waals surface area contributed by atoms with E-state index < -0.39 is 6.09 Å². The molecular weight excluding hydrogens is 154 g/mol. The molecule has 10 heavy (non-hydrogen) atoms. The Morgan fingerprint density at radius 2 is 2.40 bits per heavy atom. The molecule has 1 amide bonds. The molecule has 0 aliphatic carbocycles. The second kappa shape index (κ2) is 5.35. The van der Waals surface area contributed by atoms with Gasteiger partial charge >= 0.3 is 6.09 Å². The van der Waals surface area contributed by atoms with Crippen molar-refractivity contribution in [3.63, 3.8) is 0 Å². The zero-order valence-electron chi connectivity index (χ0n) is 5.93. The highest BCUT2D eigenvalue weighted by atomic mass is 35.5. The zero-order chi connectivity index (χ0) is 7.98. The van der Waals surface area contributed by atoms with Crippen LogP contribution in [0.15, 0.2) is 0 Å². The van der Waals surface area contributed by atoms with Gasteiger partial charge < -0.3 is 10.4 Å². The van der Waals surface area contributed by atoms with Gasteiger partial charge in [0.2, 0.25) is 0 Å². The second-order valence-corrected chi connectivity index (χ2v) is 2.56. The third-order valence-corrected chi connectivity index (χ3v) is 1.41. The van der Waals surface area contributed by atoms with Crippen LogP contribution in [0, 0.1) is 0 Å². The highest BCUT2D eigenvalue weighted by Crippen LogP contribution is 1.97. The van der Waals surface area contributed by atoms with Crippen molar-refractivity contribution in [2.45, 2.75) is 25.8 Å². The molecule has 0 spiro atoms. The fourth-order valence-corrected chi connectivity index (χ4v) is 0.821. The van der Waals surface area contributed by atoms with Crippen LogP contribution in [0.2, 0.25) is 0 Å². The van der Waals surface area contributed by atoms with Crippen molar-refractivity contribution in [2.24, 2.45) is 0 Å². The molecule has 0 heterocycles. The van der Waals surface area contributed by atoms with Gasteiger partial charge in [-0.25, -0.2) is 4.79 Å². The number of alkyl halides is 1. The number of halogens is 1. The monoisotopic (exact) mass is 165 g/mol. The molecule has 0 aromatic heterocycles. The highest BCUT2D eigenvalue weighted by Gasteiger charge is 2.02. The van der Waals surface area contributed by atoms with E-state index in [1.54, 1.807) is 0 Å². The lowest BCUT2D eigenvalue weighted by molar-refractivity contribution is 0.190. The topological polar surface area (TPSA) is 49.3 Å². The minimum atomic E-state index is -0.970. The van der Waals surface area contributed by atoms with E-state index >= 15 is 0 Å². The van der Waals surface area contributed by atoms with Crippen LogP contribution in [0.3, 0.4) is 0 Å². The average molecular weight is 166 g/mol. The van der Waals surface area contributed by atoms with Gasteiger partial charge in [-0.1, -0.05) is 0 Å². The van der Waals surface area contributed by atoms with Crippen molar-refractivity contribution in [2.75, 3.05) is 5.88 Å². The fourth-order valence-electron chi connectivity index (χ4n) is 0.666. The summed E-state index contributed by atoms with van der Waals surface area (Å²) in [5, 5.41) is 10.6. The number of carboxylic acid groups (broad SMARTS) is 1. The van der Waals surface area contributed by atoms with E-state index in [-0.39, 0.29) is 6.04 Å². The van der Waals surface area contributed by atoms with Crippen LogP contribution in [-0.4, -0.2) is 23.1 Å². The van der Waals surface area contributed by atoms with E-state index in [1.807, 2.05) is 6.92 Å². The Hall–Kier alpha value is -0.440. The Balaban J connectivity index is 3.25. The summed E-state index contributed by atoms with van der Waals surface area (Å²) in [4.78, 5) is 10.0. The van der Waals surface area contributed by atoms with Crippen LogP contribution >= 0.6 is 11.6 Å². The molecule has 1 atom stereocenters. The minimum absolute atomic E-state index is 0.0104. The molecule has 2 N–H and O–H groups in total. The largest absolute Gasteiger partial charge is 0.465 e. The Morgan fingerprint density at radius 3 is 2.80 bits per heavy atom. The molecule has 1 unspecified atom stereocenters. The van der Waals surface area contributed by atoms with E-state index in [9.17, 15) is 4.79 Å². The second-order valence-electron chi connectivity index (χ2n) is 2.18. The number of hydrogen-bond acceptors (Lipinski definition) is 1. The molecule has 0 saturated carbocycles. The number of amides is 1. The molecule has 0 aromatic rings. The molecule has 3 nitrogen and oxygen atoms in total. The van der Waals surface area contributed by atoms with E-state index in [1.165, 1.54) is 0 Å². The van der Waals surface area contributed by atoms with Gasteiger partial charge in [0.15, 0.2) is 0 Å². The van der Waals surface area contributed by atoms with Crippen molar-refractivity contribution in [1.82, 2.24) is 5.32 Å². The van der Waals surface area contributed by atoms with Gasteiger partial charge in [0.05, 0.1) is 0 Å². The van der Waals surface area contributed by atoms with Crippen LogP contribution in [0.25, 0.3) is 0 Å². The van der Waals surface area contributed by atoms with Gasteiger partial charge in [-0.3, -0.25) is 0 Å². The Morgan fingerprint density at radius 1 is 1.80 bits per heavy atom. The van der Waals surface area contributed by atoms with Gasteiger partial charge in [0, 0.05) is 11.9 Å². The maximum Gasteiger partial charge on any atom is 0.404 e. The van der Waals surface area contributed by atoms with Gasteiger partial charge in [-0.15, -0.1) is 11.6 Å². The minimum Gasteiger partial charge on any atom is -0.465 e. The number of nitrogens with one attached hydrogen (secondary N) is 1. The maximum absolute atomic E-state index is 10.0. The van der Waals surface area contributed by atoms with E-state index in [0.29, 0.717) is 5.88 Å². The standard InChI is InChI=1S/C6H12ClNO2/c1-5(3-2-4-7)8-6(9)10/h5,8H,2-4H2,1H3,(H,9,10). The summed E-state index contributed by atoms with van der Waals surface area (Å²) in [7, 11) is 0. The predicted molar refractivity (Wildman–Crippen MR) is 40.6 cm³/mol. The van der Waals surface area contributed by atoms with Crippen LogP contribution in [-0.2, 0) is 0 Å². The molecule has 0 radical (unpaired) electrons. The summed E-state index contributed by atoms with van der Waals surface area (Å²) in [6.07, 6.45) is 0.681. The number of hydrogen-bond donors (Lipinski definition) is 2. The third-order valence-electron chi connectivity index (χ3n) is 1.14. The predicted octanol–water partition coefficient (Wildman–Crippen LogP) is 1.66. The summed E-state index contributed by atoms with van der Waals surface area (Å²) in [5.74, 6) is 0.589. The number of rotatable bonds is 4. The van der Waals surface area contributed by atoms with E-state index in [4.69, 9.17) is 16.7 Å². The molecule has 0 fully saturated rings. The first kappa shape index (κ1) is 9.56. The normalized spacial score (nSPS) is 12.6. The van der Waals surface area contributed by atoms with Crippen molar-refractivity contribution in [1.29, 1.82) is 0 Å². The van der Waals surface area contributed by atoms with Gasteiger partial charge in [-0.2, -0.15) is 0 Å². The number of carbonyl (C=O) groups is 1. The van der Waals surface area contributed by atoms with Crippen LogP contribution < -0.4 is 5.32 Å². The van der Waals surface area contributed by atoms with Crippen LogP contribution in [0.1, 0.15) is 19.8 Å². The molecule has 4 heteroatoms. The summed E-state index contributed by atoms with van der Waals surface area (Å²) in [6.45, 7) is 1.82. The molecule has 60 valence electrons. The first-order chi connectivity index (χ1) is 4.66. The Kier molecular flexibility index (Phi) is 5.12. The van der Waals surface area contributed by atoms with E-state index in [2.05, 4.69) is 5.32 Å².